The van der Waals surface area contributed by atoms with Gasteiger partial charge in [0.1, 0.15) is 11.4 Å². The van der Waals surface area contributed by atoms with Crippen LogP contribution in [0, 0.1) is 0 Å². The molecule has 5 rings (SSSR count). The number of carbonyl (C=O) groups is 2. The summed E-state index contributed by atoms with van der Waals surface area (Å²) in [7, 11) is 0. The average molecular weight is 710 g/mol. The second kappa shape index (κ2) is 12.4. The second-order valence-corrected chi connectivity index (χ2v) is 11.2. The van der Waals surface area contributed by atoms with Crippen molar-refractivity contribution in [3.8, 4) is 16.9 Å². The summed E-state index contributed by atoms with van der Waals surface area (Å²) >= 11 is 22.4. The van der Waals surface area contributed by atoms with Crippen LogP contribution in [0.1, 0.15) is 32.0 Å². The van der Waals surface area contributed by atoms with E-state index in [1.807, 2.05) is 0 Å². The third kappa shape index (κ3) is 6.73. The first-order valence-corrected chi connectivity index (χ1v) is 14.1. The Bertz CT molecular complexity index is 1930. The van der Waals surface area contributed by atoms with Crippen LogP contribution in [-0.2, 0) is 6.18 Å². The van der Waals surface area contributed by atoms with E-state index >= 15 is 0 Å². The molecule has 1 heterocycles. The Morgan fingerprint density at radius 3 is 2.44 bits per heavy atom. The quantitative estimate of drug-likeness (QED) is 0.0798. The monoisotopic (exact) mass is 707 g/mol. The van der Waals surface area contributed by atoms with Crippen molar-refractivity contribution < 1.29 is 27.5 Å². The van der Waals surface area contributed by atoms with Gasteiger partial charge in [0, 0.05) is 36.6 Å². The molecule has 218 valence electrons. The molecule has 0 radical (unpaired) electrons. The van der Waals surface area contributed by atoms with E-state index < -0.39 is 23.6 Å². The fourth-order valence-corrected chi connectivity index (χ4v) is 5.39. The molecule has 0 aliphatic carbocycles. The summed E-state index contributed by atoms with van der Waals surface area (Å²) in [5.74, 6) is -1.66. The van der Waals surface area contributed by atoms with Crippen molar-refractivity contribution in [2.24, 2.45) is 5.10 Å². The van der Waals surface area contributed by atoms with Gasteiger partial charge in [-0.15, -0.1) is 0 Å². The minimum atomic E-state index is -4.63. The molecule has 0 fully saturated rings. The highest BCUT2D eigenvalue weighted by Crippen LogP contribution is 2.40. The first-order chi connectivity index (χ1) is 20.4. The molecule has 6 nitrogen and oxygen atoms in total. The number of aromatic amines is 1. The summed E-state index contributed by atoms with van der Waals surface area (Å²) in [6, 6.07) is 18.5. The molecule has 0 saturated heterocycles. The molecule has 4 aromatic carbocycles. The van der Waals surface area contributed by atoms with E-state index in [0.717, 1.165) is 12.1 Å². The molecule has 0 unspecified atom stereocenters. The number of esters is 1. The number of nitrogens with one attached hydrogen (secondary N) is 2. The standard InChI is InChI=1S/C30H16BrCl3F3N3O3/c31-18-8-9-24(43-29(42)15-4-3-5-17(10-15)30(35,36)37)16(11-18)14-38-40-28(41)27-25(20-6-1-2-7-22(20)33)21-12-19(32)13-23(34)26(21)39-27/h1-14,39H,(H,40,41). The third-order valence-corrected chi connectivity index (χ3v) is 7.50. The smallest absolute Gasteiger partial charge is 0.416 e. The number of H-pyrrole nitrogens is 1. The lowest BCUT2D eigenvalue weighted by Gasteiger charge is -2.10. The molecule has 0 aliphatic heterocycles. The van der Waals surface area contributed by atoms with Gasteiger partial charge in [-0.3, -0.25) is 4.79 Å². The van der Waals surface area contributed by atoms with Gasteiger partial charge in [0.05, 0.1) is 27.9 Å². The molecule has 0 aliphatic rings. The molecule has 1 aromatic heterocycles. The summed E-state index contributed by atoms with van der Waals surface area (Å²) in [6.07, 6.45) is -3.41. The Kier molecular flexibility index (Phi) is 8.84. The molecule has 0 saturated carbocycles. The summed E-state index contributed by atoms with van der Waals surface area (Å²) in [4.78, 5) is 29.1. The highest BCUT2D eigenvalue weighted by molar-refractivity contribution is 9.10. The summed E-state index contributed by atoms with van der Waals surface area (Å²) in [5, 5.41) is 5.62. The first kappa shape index (κ1) is 30.6. The number of hydrazone groups is 1. The van der Waals surface area contributed by atoms with Crippen molar-refractivity contribution in [3.05, 3.63) is 121 Å². The third-order valence-electron chi connectivity index (χ3n) is 6.16. The lowest BCUT2D eigenvalue weighted by atomic mass is 10.0. The van der Waals surface area contributed by atoms with Crippen LogP contribution in [0.25, 0.3) is 22.0 Å². The van der Waals surface area contributed by atoms with Crippen LogP contribution in [0.3, 0.4) is 0 Å². The van der Waals surface area contributed by atoms with Gasteiger partial charge >= 0.3 is 12.1 Å². The number of fused-ring (bicyclic) bond motifs is 1. The number of nitrogens with zero attached hydrogens (tertiary/aromatic N) is 1. The van der Waals surface area contributed by atoms with Gasteiger partial charge in [-0.25, -0.2) is 10.2 Å². The van der Waals surface area contributed by atoms with Crippen LogP contribution in [0.15, 0.2) is 88.4 Å². The van der Waals surface area contributed by atoms with E-state index in [0.29, 0.717) is 47.6 Å². The lowest BCUT2D eigenvalue weighted by Crippen LogP contribution is -2.19. The number of ether oxygens (including phenoxy) is 1. The van der Waals surface area contributed by atoms with Crippen molar-refractivity contribution >= 4 is 79.7 Å². The fraction of sp³-hybridized carbons (Fsp3) is 0.0333. The van der Waals surface area contributed by atoms with Crippen molar-refractivity contribution in [2.45, 2.75) is 6.18 Å². The molecular weight excluding hydrogens is 694 g/mol. The Morgan fingerprint density at radius 2 is 1.70 bits per heavy atom. The molecule has 0 spiro atoms. The maximum absolute atomic E-state index is 13.4. The van der Waals surface area contributed by atoms with Crippen molar-refractivity contribution in [2.75, 3.05) is 0 Å². The number of carbonyl (C=O) groups excluding carboxylic acids is 2. The summed E-state index contributed by atoms with van der Waals surface area (Å²) in [6.45, 7) is 0. The van der Waals surface area contributed by atoms with Gasteiger partial charge in [-0.1, -0.05) is 75.0 Å². The predicted molar refractivity (Wildman–Crippen MR) is 164 cm³/mol. The van der Waals surface area contributed by atoms with E-state index in [1.54, 1.807) is 42.5 Å². The Balaban J connectivity index is 1.43. The highest BCUT2D eigenvalue weighted by Gasteiger charge is 2.31. The van der Waals surface area contributed by atoms with Crippen molar-refractivity contribution in [1.82, 2.24) is 10.4 Å². The normalized spacial score (nSPS) is 11.7. The maximum atomic E-state index is 13.4. The van der Waals surface area contributed by atoms with Gasteiger partial charge in [0.25, 0.3) is 5.91 Å². The SMILES string of the molecule is O=C(Oc1ccc(Br)cc1C=NNC(=O)c1[nH]c2c(Cl)cc(Cl)cc2c1-c1ccccc1Cl)c1cccc(C(F)(F)F)c1. The van der Waals surface area contributed by atoms with E-state index in [2.05, 4.69) is 31.4 Å². The topological polar surface area (TPSA) is 83.5 Å². The molecule has 0 atom stereocenters. The number of aromatic nitrogens is 1. The van der Waals surface area contributed by atoms with Gasteiger partial charge in [0.2, 0.25) is 0 Å². The summed E-state index contributed by atoms with van der Waals surface area (Å²) in [5.41, 5.74) is 2.97. The van der Waals surface area contributed by atoms with Gasteiger partial charge in [0.15, 0.2) is 0 Å². The van der Waals surface area contributed by atoms with E-state index in [1.165, 1.54) is 24.4 Å². The highest BCUT2D eigenvalue weighted by atomic mass is 79.9. The zero-order chi connectivity index (χ0) is 30.9. The van der Waals surface area contributed by atoms with E-state index in [-0.39, 0.29) is 22.6 Å². The van der Waals surface area contributed by atoms with Crippen LogP contribution >= 0.6 is 50.7 Å². The minimum absolute atomic E-state index is 0.00703. The number of rotatable bonds is 6. The number of hydrogen-bond donors (Lipinski definition) is 2. The van der Waals surface area contributed by atoms with Crippen LogP contribution < -0.4 is 10.2 Å². The van der Waals surface area contributed by atoms with Crippen LogP contribution in [0.2, 0.25) is 15.1 Å². The maximum Gasteiger partial charge on any atom is 0.416 e. The average Bonchev–Trinajstić information content (AvgIpc) is 3.34. The zero-order valence-corrected chi connectivity index (χ0v) is 25.3. The fourth-order valence-electron chi connectivity index (χ4n) is 4.24. The molecule has 2 N–H and O–H groups in total. The number of halogens is 7. The molecule has 5 aromatic rings. The molecule has 1 amide bonds. The lowest BCUT2D eigenvalue weighted by molar-refractivity contribution is -0.137. The Morgan fingerprint density at radius 1 is 0.930 bits per heavy atom. The van der Waals surface area contributed by atoms with Crippen LogP contribution in [-0.4, -0.2) is 23.1 Å². The zero-order valence-electron chi connectivity index (χ0n) is 21.4. The van der Waals surface area contributed by atoms with Crippen LogP contribution in [0.4, 0.5) is 13.2 Å². The largest absolute Gasteiger partial charge is 0.422 e. The number of amides is 1. The van der Waals surface area contributed by atoms with Gasteiger partial charge < -0.3 is 9.72 Å². The Labute approximate surface area is 265 Å². The first-order valence-electron chi connectivity index (χ1n) is 12.2. The van der Waals surface area contributed by atoms with Crippen LogP contribution in [0.5, 0.6) is 5.75 Å². The van der Waals surface area contributed by atoms with Crippen molar-refractivity contribution in [1.29, 1.82) is 0 Å². The second-order valence-electron chi connectivity index (χ2n) is 9.01. The molecular formula is C30H16BrCl3F3N3O3. The predicted octanol–water partition coefficient (Wildman–Crippen LogP) is 9.56. The number of alkyl halides is 3. The molecule has 0 bridgehead atoms. The number of hydrogen-bond acceptors (Lipinski definition) is 4. The minimum Gasteiger partial charge on any atom is -0.422 e. The van der Waals surface area contributed by atoms with Crippen molar-refractivity contribution in [3.63, 3.8) is 0 Å². The van der Waals surface area contributed by atoms with E-state index in [4.69, 9.17) is 39.5 Å². The van der Waals surface area contributed by atoms with Gasteiger partial charge in [-0.2, -0.15) is 18.3 Å². The van der Waals surface area contributed by atoms with Gasteiger partial charge in [-0.05, 0) is 54.6 Å². The van der Waals surface area contributed by atoms with E-state index in [9.17, 15) is 22.8 Å². The summed E-state index contributed by atoms with van der Waals surface area (Å²) < 4.78 is 45.3. The number of benzene rings is 4. The Hall–Kier alpha value is -3.83. The molecule has 43 heavy (non-hydrogen) atoms. The molecule has 13 heteroatoms.